The van der Waals surface area contributed by atoms with E-state index in [9.17, 15) is 5.11 Å². The lowest BCUT2D eigenvalue weighted by molar-refractivity contribution is 0.102. The van der Waals surface area contributed by atoms with Crippen LogP contribution >= 0.6 is 0 Å². The Hall–Kier alpha value is -1.80. The van der Waals surface area contributed by atoms with E-state index < -0.39 is 5.60 Å². The molecule has 21 heavy (non-hydrogen) atoms. The summed E-state index contributed by atoms with van der Waals surface area (Å²) >= 11 is 0. The fourth-order valence-electron chi connectivity index (χ4n) is 2.33. The van der Waals surface area contributed by atoms with Crippen molar-refractivity contribution >= 4 is 0 Å². The molecule has 0 bridgehead atoms. The number of aryl methyl sites for hydroxylation is 1. The lowest BCUT2D eigenvalue weighted by atomic mass is 9.87. The summed E-state index contributed by atoms with van der Waals surface area (Å²) in [4.78, 5) is 0. The zero-order valence-corrected chi connectivity index (χ0v) is 13.1. The van der Waals surface area contributed by atoms with E-state index in [1.54, 1.807) is 0 Å². The van der Waals surface area contributed by atoms with Gasteiger partial charge in [0.15, 0.2) is 0 Å². The highest BCUT2D eigenvalue weighted by Gasteiger charge is 2.25. The zero-order valence-electron chi connectivity index (χ0n) is 13.1. The predicted octanol–water partition coefficient (Wildman–Crippen LogP) is 4.29. The van der Waals surface area contributed by atoms with E-state index in [-0.39, 0.29) is 0 Å². The molecule has 2 aromatic rings. The van der Waals surface area contributed by atoms with Gasteiger partial charge in [-0.25, -0.2) is 0 Å². The first kappa shape index (κ1) is 15.6. The van der Waals surface area contributed by atoms with Gasteiger partial charge in [0, 0.05) is 0 Å². The highest BCUT2D eigenvalue weighted by Crippen LogP contribution is 2.30. The number of aliphatic hydroxyl groups is 1. The molecule has 0 radical (unpaired) electrons. The summed E-state index contributed by atoms with van der Waals surface area (Å²) in [6.07, 6.45) is 2.00. The summed E-state index contributed by atoms with van der Waals surface area (Å²) in [7, 11) is 0. The SMILES string of the molecule is CCCOc1ccc(C(C)(O)c2ccc(CC)cc2)cc1. The van der Waals surface area contributed by atoms with E-state index in [1.807, 2.05) is 43.3 Å². The van der Waals surface area contributed by atoms with Gasteiger partial charge < -0.3 is 9.84 Å². The van der Waals surface area contributed by atoms with Crippen LogP contribution < -0.4 is 4.74 Å². The van der Waals surface area contributed by atoms with Gasteiger partial charge in [0.1, 0.15) is 11.4 Å². The third-order valence-electron chi connectivity index (χ3n) is 3.81. The molecule has 1 N–H and O–H groups in total. The van der Waals surface area contributed by atoms with Crippen LogP contribution in [0.5, 0.6) is 5.75 Å². The van der Waals surface area contributed by atoms with Crippen LogP contribution in [0.15, 0.2) is 48.5 Å². The maximum Gasteiger partial charge on any atom is 0.119 e. The zero-order chi connectivity index (χ0) is 15.3. The molecule has 0 aromatic heterocycles. The molecule has 0 fully saturated rings. The highest BCUT2D eigenvalue weighted by atomic mass is 16.5. The molecule has 0 amide bonds. The van der Waals surface area contributed by atoms with Crippen molar-refractivity contribution in [1.82, 2.24) is 0 Å². The van der Waals surface area contributed by atoms with Crippen molar-refractivity contribution in [3.8, 4) is 5.75 Å². The van der Waals surface area contributed by atoms with Crippen LogP contribution in [0.1, 0.15) is 43.9 Å². The summed E-state index contributed by atoms with van der Waals surface area (Å²) in [5.74, 6) is 0.845. The Balaban J connectivity index is 2.21. The maximum absolute atomic E-state index is 10.8. The first-order valence-corrected chi connectivity index (χ1v) is 7.63. The number of benzene rings is 2. The molecule has 0 saturated heterocycles. The molecule has 2 nitrogen and oxygen atoms in total. The van der Waals surface area contributed by atoms with Crippen molar-refractivity contribution < 1.29 is 9.84 Å². The van der Waals surface area contributed by atoms with E-state index >= 15 is 0 Å². The molecular formula is C19H24O2. The minimum absolute atomic E-state index is 0.716. The monoisotopic (exact) mass is 284 g/mol. The fraction of sp³-hybridized carbons (Fsp3) is 0.368. The molecule has 0 heterocycles. The number of hydrogen-bond acceptors (Lipinski definition) is 2. The lowest BCUT2D eigenvalue weighted by Crippen LogP contribution is -2.22. The third kappa shape index (κ3) is 3.64. The summed E-state index contributed by atoms with van der Waals surface area (Å²) in [6.45, 7) is 6.76. The number of ether oxygens (including phenoxy) is 1. The summed E-state index contributed by atoms with van der Waals surface area (Å²) in [6, 6.07) is 15.8. The Morgan fingerprint density at radius 2 is 1.43 bits per heavy atom. The van der Waals surface area contributed by atoms with Crippen molar-refractivity contribution in [1.29, 1.82) is 0 Å². The van der Waals surface area contributed by atoms with Gasteiger partial charge in [-0.1, -0.05) is 50.2 Å². The molecule has 2 heteroatoms. The Labute approximate surface area is 127 Å². The quantitative estimate of drug-likeness (QED) is 0.857. The van der Waals surface area contributed by atoms with E-state index in [1.165, 1.54) is 5.56 Å². The average Bonchev–Trinajstić information content (AvgIpc) is 2.53. The van der Waals surface area contributed by atoms with Crippen molar-refractivity contribution in [2.24, 2.45) is 0 Å². The molecule has 2 aromatic carbocycles. The van der Waals surface area contributed by atoms with Gasteiger partial charge in [0.05, 0.1) is 6.61 Å². The lowest BCUT2D eigenvalue weighted by Gasteiger charge is -2.25. The Morgan fingerprint density at radius 1 is 0.905 bits per heavy atom. The Kier molecular flexibility index (Phi) is 5.03. The second-order valence-corrected chi connectivity index (χ2v) is 5.50. The Morgan fingerprint density at radius 3 is 1.90 bits per heavy atom. The van der Waals surface area contributed by atoms with Crippen molar-refractivity contribution in [2.45, 2.75) is 39.2 Å². The first-order chi connectivity index (χ1) is 10.1. The summed E-state index contributed by atoms with van der Waals surface area (Å²) < 4.78 is 5.58. The smallest absolute Gasteiger partial charge is 0.119 e. The van der Waals surface area contributed by atoms with Crippen LogP contribution in [0, 0.1) is 0 Å². The molecule has 2 rings (SSSR count). The van der Waals surface area contributed by atoms with Crippen molar-refractivity contribution in [2.75, 3.05) is 6.61 Å². The largest absolute Gasteiger partial charge is 0.494 e. The van der Waals surface area contributed by atoms with E-state index in [0.29, 0.717) is 6.61 Å². The third-order valence-corrected chi connectivity index (χ3v) is 3.81. The summed E-state index contributed by atoms with van der Waals surface area (Å²) in [5.41, 5.74) is 2.06. The van der Waals surface area contributed by atoms with E-state index in [2.05, 4.69) is 26.0 Å². The van der Waals surface area contributed by atoms with Gasteiger partial charge >= 0.3 is 0 Å². The van der Waals surface area contributed by atoms with Gasteiger partial charge in [-0.05, 0) is 48.6 Å². The van der Waals surface area contributed by atoms with Crippen LogP contribution in [-0.4, -0.2) is 11.7 Å². The van der Waals surface area contributed by atoms with Gasteiger partial charge in [-0.15, -0.1) is 0 Å². The minimum Gasteiger partial charge on any atom is -0.494 e. The standard InChI is InChI=1S/C19H24O2/c1-4-14-21-18-12-10-17(11-13-18)19(3,20)16-8-6-15(5-2)7-9-16/h6-13,20H,4-5,14H2,1-3H3. The first-order valence-electron chi connectivity index (χ1n) is 7.63. The molecule has 0 aliphatic carbocycles. The Bertz CT molecular complexity index is 553. The topological polar surface area (TPSA) is 29.5 Å². The van der Waals surface area contributed by atoms with E-state index in [0.717, 1.165) is 29.7 Å². The average molecular weight is 284 g/mol. The van der Waals surface area contributed by atoms with Crippen LogP contribution in [0.25, 0.3) is 0 Å². The van der Waals surface area contributed by atoms with Crippen molar-refractivity contribution in [3.05, 3.63) is 65.2 Å². The van der Waals surface area contributed by atoms with Gasteiger partial charge in [-0.3, -0.25) is 0 Å². The predicted molar refractivity (Wildman–Crippen MR) is 86.7 cm³/mol. The molecular weight excluding hydrogens is 260 g/mol. The maximum atomic E-state index is 10.8. The molecule has 0 saturated carbocycles. The van der Waals surface area contributed by atoms with Crippen LogP contribution in [0.2, 0.25) is 0 Å². The molecule has 112 valence electrons. The molecule has 1 unspecified atom stereocenters. The van der Waals surface area contributed by atoms with Crippen LogP contribution in [-0.2, 0) is 12.0 Å². The second-order valence-electron chi connectivity index (χ2n) is 5.50. The molecule has 0 spiro atoms. The van der Waals surface area contributed by atoms with Crippen LogP contribution in [0.4, 0.5) is 0 Å². The highest BCUT2D eigenvalue weighted by molar-refractivity contribution is 5.39. The molecule has 1 atom stereocenters. The fourth-order valence-corrected chi connectivity index (χ4v) is 2.33. The number of rotatable bonds is 6. The van der Waals surface area contributed by atoms with Gasteiger partial charge in [0.2, 0.25) is 0 Å². The van der Waals surface area contributed by atoms with Gasteiger partial charge in [0.25, 0.3) is 0 Å². The molecule has 0 aliphatic heterocycles. The number of hydrogen-bond donors (Lipinski definition) is 1. The van der Waals surface area contributed by atoms with E-state index in [4.69, 9.17) is 4.74 Å². The van der Waals surface area contributed by atoms with Crippen LogP contribution in [0.3, 0.4) is 0 Å². The molecule has 0 aliphatic rings. The van der Waals surface area contributed by atoms with Gasteiger partial charge in [-0.2, -0.15) is 0 Å². The normalized spacial score (nSPS) is 13.7. The second kappa shape index (κ2) is 6.77. The minimum atomic E-state index is -0.991. The van der Waals surface area contributed by atoms with Crippen molar-refractivity contribution in [3.63, 3.8) is 0 Å². The summed E-state index contributed by atoms with van der Waals surface area (Å²) in [5, 5.41) is 10.8.